The molecule has 45 heavy (non-hydrogen) atoms. The molecule has 5 atom stereocenters. The minimum atomic E-state index is -0.950. The van der Waals surface area contributed by atoms with E-state index in [1.807, 2.05) is 32.0 Å². The van der Waals surface area contributed by atoms with E-state index in [9.17, 15) is 19.5 Å². The monoisotopic (exact) mass is 628 g/mol. The maximum absolute atomic E-state index is 13.8. The molecule has 8 nitrogen and oxygen atoms in total. The van der Waals surface area contributed by atoms with Gasteiger partial charge in [-0.25, -0.2) is 0 Å². The van der Waals surface area contributed by atoms with Crippen molar-refractivity contribution in [3.05, 3.63) is 35.9 Å². The number of carbonyl (C=O) groups excluding carboxylic acids is 2. The Morgan fingerprint density at radius 1 is 0.933 bits per heavy atom. The van der Waals surface area contributed by atoms with Crippen molar-refractivity contribution in [2.24, 2.45) is 23.2 Å². The zero-order valence-electron chi connectivity index (χ0n) is 28.6. The summed E-state index contributed by atoms with van der Waals surface area (Å²) in [4.78, 5) is 39.7. The third-order valence-corrected chi connectivity index (χ3v) is 9.72. The first kappa shape index (κ1) is 37.0. The van der Waals surface area contributed by atoms with Crippen LogP contribution in [0, 0.1) is 23.2 Å². The standard InChI is InChI=1S/C37H60N2O6/c1-6-7-8-9-10-11-12-16-21-28(24-27-19-14-13-15-20-27)33(40)39-31-23-18-17-22-29(31)30(35(42)43)25-38-34(41)32-36(2,3)26-44-37(4,5)45-32/h13-15,19-20,28-32H,6-12,16-18,21-26H2,1-5H3,(H,38,41)(H,39,40)(H,42,43). The average molecular weight is 629 g/mol. The van der Waals surface area contributed by atoms with Gasteiger partial charge in [-0.1, -0.05) is 115 Å². The van der Waals surface area contributed by atoms with Crippen LogP contribution >= 0.6 is 0 Å². The molecule has 1 saturated heterocycles. The molecule has 5 unspecified atom stereocenters. The van der Waals surface area contributed by atoms with Crippen molar-refractivity contribution < 1.29 is 29.0 Å². The van der Waals surface area contributed by atoms with Gasteiger partial charge in [0.1, 0.15) is 6.10 Å². The highest BCUT2D eigenvalue weighted by molar-refractivity contribution is 5.83. The molecule has 1 aliphatic carbocycles. The summed E-state index contributed by atoms with van der Waals surface area (Å²) < 4.78 is 11.7. The number of carboxylic acid groups (broad SMARTS) is 1. The first-order chi connectivity index (χ1) is 21.4. The van der Waals surface area contributed by atoms with Crippen molar-refractivity contribution in [3.8, 4) is 0 Å². The number of ether oxygens (including phenoxy) is 2. The Morgan fingerprint density at radius 3 is 2.24 bits per heavy atom. The molecule has 3 N–H and O–H groups in total. The smallest absolute Gasteiger partial charge is 0.308 e. The summed E-state index contributed by atoms with van der Waals surface area (Å²) in [6, 6.07) is 9.92. The van der Waals surface area contributed by atoms with Gasteiger partial charge in [0.2, 0.25) is 11.8 Å². The van der Waals surface area contributed by atoms with E-state index >= 15 is 0 Å². The molecule has 0 bridgehead atoms. The molecule has 0 radical (unpaired) electrons. The molecule has 2 amide bonds. The van der Waals surface area contributed by atoms with E-state index in [4.69, 9.17) is 9.47 Å². The van der Waals surface area contributed by atoms with Crippen LogP contribution in [0.3, 0.4) is 0 Å². The number of aliphatic carboxylic acids is 1. The van der Waals surface area contributed by atoms with E-state index in [0.29, 0.717) is 19.4 Å². The Balaban J connectivity index is 1.63. The molecule has 1 aromatic rings. The number of carbonyl (C=O) groups is 3. The van der Waals surface area contributed by atoms with Gasteiger partial charge in [-0.15, -0.1) is 0 Å². The number of amides is 2. The van der Waals surface area contributed by atoms with Crippen LogP contribution in [0.5, 0.6) is 0 Å². The second-order valence-electron chi connectivity index (χ2n) is 14.6. The van der Waals surface area contributed by atoms with Gasteiger partial charge in [-0.05, 0) is 51.0 Å². The van der Waals surface area contributed by atoms with E-state index in [2.05, 4.69) is 29.7 Å². The van der Waals surface area contributed by atoms with Gasteiger partial charge in [0, 0.05) is 23.9 Å². The zero-order chi connectivity index (χ0) is 32.9. The minimum absolute atomic E-state index is 0.00582. The first-order valence-electron chi connectivity index (χ1n) is 17.6. The van der Waals surface area contributed by atoms with Crippen molar-refractivity contribution in [3.63, 3.8) is 0 Å². The van der Waals surface area contributed by atoms with Gasteiger partial charge < -0.3 is 25.2 Å². The molecule has 8 heteroatoms. The highest BCUT2D eigenvalue weighted by atomic mass is 16.7. The summed E-state index contributed by atoms with van der Waals surface area (Å²) >= 11 is 0. The topological polar surface area (TPSA) is 114 Å². The van der Waals surface area contributed by atoms with Gasteiger partial charge in [0.05, 0.1) is 12.5 Å². The maximum atomic E-state index is 13.8. The summed E-state index contributed by atoms with van der Waals surface area (Å²) in [7, 11) is 0. The molecule has 1 heterocycles. The molecular weight excluding hydrogens is 568 g/mol. The van der Waals surface area contributed by atoms with Gasteiger partial charge >= 0.3 is 5.97 Å². The molecule has 1 aliphatic heterocycles. The van der Waals surface area contributed by atoms with E-state index in [1.54, 1.807) is 13.8 Å². The van der Waals surface area contributed by atoms with Crippen LogP contribution in [-0.2, 0) is 30.3 Å². The normalized spacial score (nSPS) is 23.9. The molecule has 0 spiro atoms. The van der Waals surface area contributed by atoms with E-state index in [0.717, 1.165) is 44.1 Å². The van der Waals surface area contributed by atoms with Crippen molar-refractivity contribution in [1.29, 1.82) is 0 Å². The third-order valence-electron chi connectivity index (χ3n) is 9.72. The predicted octanol–water partition coefficient (Wildman–Crippen LogP) is 7.05. The lowest BCUT2D eigenvalue weighted by Gasteiger charge is -2.45. The van der Waals surface area contributed by atoms with Crippen LogP contribution in [0.1, 0.15) is 124 Å². The molecule has 3 rings (SSSR count). The van der Waals surface area contributed by atoms with Crippen molar-refractivity contribution in [1.82, 2.24) is 10.6 Å². The van der Waals surface area contributed by atoms with Gasteiger partial charge in [-0.2, -0.15) is 0 Å². The first-order valence-corrected chi connectivity index (χ1v) is 17.6. The van der Waals surface area contributed by atoms with Crippen LogP contribution in [0.2, 0.25) is 0 Å². The highest BCUT2D eigenvalue weighted by Crippen LogP contribution is 2.35. The summed E-state index contributed by atoms with van der Waals surface area (Å²) in [6.07, 6.45) is 13.8. The summed E-state index contributed by atoms with van der Waals surface area (Å²) in [5.41, 5.74) is 0.590. The predicted molar refractivity (Wildman–Crippen MR) is 178 cm³/mol. The molecule has 0 aromatic heterocycles. The molecule has 1 aromatic carbocycles. The SMILES string of the molecule is CCCCCCCCCCC(Cc1ccccc1)C(=O)NC1CCCCC1C(CNC(=O)C1OC(C)(C)OCC1(C)C)C(=O)O. The Hall–Kier alpha value is -2.45. The van der Waals surface area contributed by atoms with Crippen LogP contribution in [0.15, 0.2) is 30.3 Å². The zero-order valence-corrected chi connectivity index (χ0v) is 28.6. The molecule has 2 aliphatic rings. The Morgan fingerprint density at radius 2 is 1.58 bits per heavy atom. The fourth-order valence-corrected chi connectivity index (χ4v) is 6.92. The summed E-state index contributed by atoms with van der Waals surface area (Å²) in [5.74, 6) is -3.38. The van der Waals surface area contributed by atoms with E-state index < -0.39 is 29.2 Å². The van der Waals surface area contributed by atoms with Gasteiger partial charge in [0.15, 0.2) is 5.79 Å². The number of hydrogen-bond acceptors (Lipinski definition) is 5. The largest absolute Gasteiger partial charge is 0.481 e. The van der Waals surface area contributed by atoms with Crippen LogP contribution < -0.4 is 10.6 Å². The van der Waals surface area contributed by atoms with E-state index in [1.165, 1.54) is 38.5 Å². The maximum Gasteiger partial charge on any atom is 0.308 e. The lowest BCUT2D eigenvalue weighted by atomic mass is 9.75. The number of unbranched alkanes of at least 4 members (excludes halogenated alkanes) is 7. The number of nitrogens with one attached hydrogen (secondary N) is 2. The summed E-state index contributed by atoms with van der Waals surface area (Å²) in [6.45, 7) is 9.96. The third kappa shape index (κ3) is 12.0. The number of benzene rings is 1. The average Bonchev–Trinajstić information content (AvgIpc) is 3.00. The van der Waals surface area contributed by atoms with Gasteiger partial charge in [-0.3, -0.25) is 14.4 Å². The minimum Gasteiger partial charge on any atom is -0.481 e. The lowest BCUT2D eigenvalue weighted by molar-refractivity contribution is -0.304. The second kappa shape index (κ2) is 18.0. The van der Waals surface area contributed by atoms with Gasteiger partial charge in [0.25, 0.3) is 0 Å². The Bertz CT molecular complexity index is 1060. The molecule has 1 saturated carbocycles. The number of hydrogen-bond donors (Lipinski definition) is 3. The van der Waals surface area contributed by atoms with Crippen molar-refractivity contribution in [2.45, 2.75) is 142 Å². The fourth-order valence-electron chi connectivity index (χ4n) is 6.92. The molecule has 254 valence electrons. The summed E-state index contributed by atoms with van der Waals surface area (Å²) in [5, 5.41) is 16.5. The second-order valence-corrected chi connectivity index (χ2v) is 14.6. The van der Waals surface area contributed by atoms with Crippen molar-refractivity contribution in [2.75, 3.05) is 13.2 Å². The van der Waals surface area contributed by atoms with E-state index in [-0.39, 0.29) is 36.2 Å². The van der Waals surface area contributed by atoms with Crippen molar-refractivity contribution >= 4 is 17.8 Å². The van der Waals surface area contributed by atoms with Crippen LogP contribution in [0.25, 0.3) is 0 Å². The fraction of sp³-hybridized carbons (Fsp3) is 0.757. The van der Waals surface area contributed by atoms with Crippen LogP contribution in [0.4, 0.5) is 0 Å². The van der Waals surface area contributed by atoms with Crippen LogP contribution in [-0.4, -0.2) is 54.0 Å². The number of rotatable bonds is 18. The Kier molecular flexibility index (Phi) is 14.8. The quantitative estimate of drug-likeness (QED) is 0.150. The number of carboxylic acids is 1. The lowest BCUT2D eigenvalue weighted by Crippen LogP contribution is -2.57. The Labute approximate surface area is 271 Å². The molecule has 2 fully saturated rings. The highest BCUT2D eigenvalue weighted by Gasteiger charge is 2.46. The molecular formula is C37H60N2O6.